The van der Waals surface area contributed by atoms with Gasteiger partial charge >= 0.3 is 0 Å². The number of allylic oxidation sites excluding steroid dienone is 1. The Kier molecular flexibility index (Phi) is 9.78. The highest BCUT2D eigenvalue weighted by atomic mass is 16.5. The van der Waals surface area contributed by atoms with Crippen molar-refractivity contribution in [1.82, 2.24) is 0 Å². The van der Waals surface area contributed by atoms with E-state index >= 15 is 0 Å². The van der Waals surface area contributed by atoms with Gasteiger partial charge < -0.3 is 4.74 Å². The van der Waals surface area contributed by atoms with Crippen LogP contribution < -0.4 is 4.74 Å². The molecule has 0 heterocycles. The number of ketones is 2. The molecule has 0 aliphatic carbocycles. The van der Waals surface area contributed by atoms with Gasteiger partial charge in [0.2, 0.25) is 11.6 Å². The molecule has 0 aliphatic heterocycles. The Morgan fingerprint density at radius 3 is 2.18 bits per heavy atom. The molecule has 0 bridgehead atoms. The summed E-state index contributed by atoms with van der Waals surface area (Å²) in [5.74, 6) is -0.668. The lowest BCUT2D eigenvalue weighted by Gasteiger charge is -2.07. The molecule has 3 nitrogen and oxygen atoms in total. The monoisotopic (exact) mass is 378 g/mol. The normalized spacial score (nSPS) is 10.9. The quantitative estimate of drug-likeness (QED) is 0.167. The summed E-state index contributed by atoms with van der Waals surface area (Å²) in [5, 5.41) is 0. The van der Waals surface area contributed by atoms with Gasteiger partial charge in [0.05, 0.1) is 11.8 Å². The zero-order chi connectivity index (χ0) is 20.0. The number of para-hydroxylation sites is 1. The molecule has 0 N–H and O–H groups in total. The Morgan fingerprint density at radius 2 is 1.43 bits per heavy atom. The van der Waals surface area contributed by atoms with Crippen molar-refractivity contribution in [3.05, 3.63) is 78.1 Å². The van der Waals surface area contributed by atoms with E-state index in [0.717, 1.165) is 12.8 Å². The fraction of sp³-hybridized carbons (Fsp3) is 0.360. The number of rotatable bonds is 13. The third-order valence-electron chi connectivity index (χ3n) is 4.64. The highest BCUT2D eigenvalue weighted by Gasteiger charge is 2.21. The summed E-state index contributed by atoms with van der Waals surface area (Å²) in [7, 11) is 0. The number of ether oxygens (including phenoxy) is 1. The molecule has 0 aliphatic rings. The summed E-state index contributed by atoms with van der Waals surface area (Å²) in [6.45, 7) is 2.23. The Balaban J connectivity index is 1.83. The molecule has 148 valence electrons. The number of carbonyl (C=O) groups excluding carboxylic acids is 2. The molecule has 0 unspecified atom stereocenters. The molecular formula is C25H30O3. The van der Waals surface area contributed by atoms with Crippen LogP contribution in [-0.4, -0.2) is 11.6 Å². The van der Waals surface area contributed by atoms with Gasteiger partial charge in [-0.1, -0.05) is 87.9 Å². The maximum atomic E-state index is 12.6. The lowest BCUT2D eigenvalue weighted by atomic mass is 10.0. The summed E-state index contributed by atoms with van der Waals surface area (Å²) in [5.41, 5.74) is 0.675. The lowest BCUT2D eigenvalue weighted by Crippen LogP contribution is -2.15. The lowest BCUT2D eigenvalue weighted by molar-refractivity contribution is 0.0815. The third kappa shape index (κ3) is 7.15. The highest BCUT2D eigenvalue weighted by Crippen LogP contribution is 2.21. The molecule has 0 saturated carbocycles. The standard InChI is InChI=1S/C25H30O3/c1-2-3-4-5-6-7-8-9-15-20-28-23-19-14-13-18-22(23)25(27)24(26)21-16-11-10-12-17-21/h10-20H,2-9H2,1H3. The molecule has 2 aromatic carbocycles. The molecule has 2 aromatic rings. The summed E-state index contributed by atoms with van der Waals surface area (Å²) >= 11 is 0. The van der Waals surface area contributed by atoms with Gasteiger partial charge in [-0.2, -0.15) is 0 Å². The van der Waals surface area contributed by atoms with Crippen LogP contribution in [0.5, 0.6) is 5.75 Å². The average molecular weight is 379 g/mol. The van der Waals surface area contributed by atoms with Crippen LogP contribution in [0.4, 0.5) is 0 Å². The smallest absolute Gasteiger partial charge is 0.237 e. The molecule has 28 heavy (non-hydrogen) atoms. The Labute approximate surface area is 168 Å². The zero-order valence-electron chi connectivity index (χ0n) is 16.7. The second-order valence-electron chi connectivity index (χ2n) is 6.92. The van der Waals surface area contributed by atoms with Crippen LogP contribution in [0, 0.1) is 0 Å². The van der Waals surface area contributed by atoms with E-state index in [1.165, 1.54) is 38.5 Å². The predicted octanol–water partition coefficient (Wildman–Crippen LogP) is 6.79. The number of Topliss-reactive ketones (excluding diaryl/α,β-unsaturated/α-hetero) is 2. The van der Waals surface area contributed by atoms with Crippen LogP contribution in [0.15, 0.2) is 66.9 Å². The van der Waals surface area contributed by atoms with E-state index in [2.05, 4.69) is 6.92 Å². The van der Waals surface area contributed by atoms with E-state index in [-0.39, 0.29) is 5.56 Å². The van der Waals surface area contributed by atoms with Gasteiger partial charge in [0.25, 0.3) is 0 Å². The van der Waals surface area contributed by atoms with Crippen LogP contribution in [0.3, 0.4) is 0 Å². The van der Waals surface area contributed by atoms with Gasteiger partial charge in [0, 0.05) is 5.56 Å². The van der Waals surface area contributed by atoms with E-state index in [4.69, 9.17) is 4.74 Å². The van der Waals surface area contributed by atoms with Crippen molar-refractivity contribution < 1.29 is 14.3 Å². The minimum absolute atomic E-state index is 0.289. The zero-order valence-corrected chi connectivity index (χ0v) is 16.7. The fourth-order valence-electron chi connectivity index (χ4n) is 3.01. The van der Waals surface area contributed by atoms with Crippen molar-refractivity contribution in [3.8, 4) is 5.75 Å². The molecule has 2 rings (SSSR count). The van der Waals surface area contributed by atoms with E-state index in [9.17, 15) is 9.59 Å². The average Bonchev–Trinajstić information content (AvgIpc) is 2.75. The Morgan fingerprint density at radius 1 is 0.786 bits per heavy atom. The van der Waals surface area contributed by atoms with E-state index in [0.29, 0.717) is 11.3 Å². The first-order valence-electron chi connectivity index (χ1n) is 10.3. The van der Waals surface area contributed by atoms with Gasteiger partial charge in [0.15, 0.2) is 0 Å². The number of unbranched alkanes of at least 4 members (excludes halogenated alkanes) is 7. The van der Waals surface area contributed by atoms with Crippen molar-refractivity contribution >= 4 is 11.6 Å². The van der Waals surface area contributed by atoms with Crippen LogP contribution in [-0.2, 0) is 0 Å². The summed E-state index contributed by atoms with van der Waals surface area (Å²) in [4.78, 5) is 25.0. The molecule has 0 aromatic heterocycles. The van der Waals surface area contributed by atoms with E-state index in [1.54, 1.807) is 54.8 Å². The summed E-state index contributed by atoms with van der Waals surface area (Å²) in [6.07, 6.45) is 13.5. The number of carbonyl (C=O) groups is 2. The molecule has 0 atom stereocenters. The first-order chi connectivity index (χ1) is 13.7. The SMILES string of the molecule is CCCCCCCCCC=COc1ccccc1C(=O)C(=O)c1ccccc1. The van der Waals surface area contributed by atoms with Gasteiger partial charge in [-0.25, -0.2) is 0 Å². The summed E-state index contributed by atoms with van der Waals surface area (Å²) in [6, 6.07) is 15.5. The largest absolute Gasteiger partial charge is 0.465 e. The van der Waals surface area contributed by atoms with Crippen molar-refractivity contribution in [3.63, 3.8) is 0 Å². The fourth-order valence-corrected chi connectivity index (χ4v) is 3.01. The topological polar surface area (TPSA) is 43.4 Å². The van der Waals surface area contributed by atoms with Gasteiger partial charge in [-0.3, -0.25) is 9.59 Å². The third-order valence-corrected chi connectivity index (χ3v) is 4.64. The molecule has 0 fully saturated rings. The molecule has 0 radical (unpaired) electrons. The molecular weight excluding hydrogens is 348 g/mol. The minimum Gasteiger partial charge on any atom is -0.465 e. The molecule has 3 heteroatoms. The van der Waals surface area contributed by atoms with Crippen LogP contribution >= 0.6 is 0 Å². The Bertz CT molecular complexity index is 762. The van der Waals surface area contributed by atoms with Crippen LogP contribution in [0.2, 0.25) is 0 Å². The van der Waals surface area contributed by atoms with E-state index < -0.39 is 11.6 Å². The molecule has 0 saturated heterocycles. The number of benzene rings is 2. The van der Waals surface area contributed by atoms with Crippen molar-refractivity contribution in [2.24, 2.45) is 0 Å². The van der Waals surface area contributed by atoms with Gasteiger partial charge in [-0.15, -0.1) is 0 Å². The first-order valence-corrected chi connectivity index (χ1v) is 10.3. The number of hydrogen-bond donors (Lipinski definition) is 0. The second kappa shape index (κ2) is 12.7. The van der Waals surface area contributed by atoms with Gasteiger partial charge in [0.1, 0.15) is 5.75 Å². The summed E-state index contributed by atoms with van der Waals surface area (Å²) < 4.78 is 5.65. The van der Waals surface area contributed by atoms with E-state index in [1.807, 2.05) is 12.1 Å². The maximum absolute atomic E-state index is 12.6. The predicted molar refractivity (Wildman–Crippen MR) is 114 cm³/mol. The van der Waals surface area contributed by atoms with Crippen molar-refractivity contribution in [2.45, 2.75) is 58.3 Å². The van der Waals surface area contributed by atoms with Crippen LogP contribution in [0.1, 0.15) is 79.0 Å². The van der Waals surface area contributed by atoms with Gasteiger partial charge in [-0.05, 0) is 31.1 Å². The number of hydrogen-bond acceptors (Lipinski definition) is 3. The second-order valence-corrected chi connectivity index (χ2v) is 6.92. The Hall–Kier alpha value is -2.68. The minimum atomic E-state index is -0.553. The van der Waals surface area contributed by atoms with Crippen LogP contribution in [0.25, 0.3) is 0 Å². The van der Waals surface area contributed by atoms with Crippen molar-refractivity contribution in [1.29, 1.82) is 0 Å². The van der Waals surface area contributed by atoms with Crippen molar-refractivity contribution in [2.75, 3.05) is 0 Å². The first kappa shape index (κ1) is 21.6. The highest BCUT2D eigenvalue weighted by molar-refractivity contribution is 6.49. The molecule has 0 spiro atoms. The molecule has 0 amide bonds. The maximum Gasteiger partial charge on any atom is 0.237 e.